The Morgan fingerprint density at radius 1 is 1.35 bits per heavy atom. The number of nitrogens with zero attached hydrogens (tertiary/aromatic N) is 2. The minimum absolute atomic E-state index is 0.0143. The first-order valence-corrected chi connectivity index (χ1v) is 7.12. The highest BCUT2D eigenvalue weighted by molar-refractivity contribution is 7.17. The van der Waals surface area contributed by atoms with Gasteiger partial charge in [-0.3, -0.25) is 5.41 Å². The second-order valence-electron chi connectivity index (χ2n) is 4.32. The summed E-state index contributed by atoms with van der Waals surface area (Å²) >= 11 is 5.99. The zero-order valence-electron chi connectivity index (χ0n) is 11.5. The van der Waals surface area contributed by atoms with E-state index in [0.29, 0.717) is 5.69 Å². The lowest BCUT2D eigenvalue weighted by Gasteiger charge is -2.14. The lowest BCUT2D eigenvalue weighted by molar-refractivity contribution is -0.0892. The first kappa shape index (κ1) is 17.1. The van der Waals surface area contributed by atoms with Gasteiger partial charge < -0.3 is 10.1 Å². The van der Waals surface area contributed by atoms with E-state index in [4.69, 9.17) is 22.3 Å². The van der Waals surface area contributed by atoms with Crippen LogP contribution in [0.5, 0.6) is 5.75 Å². The maximum absolute atomic E-state index is 12.7. The van der Waals surface area contributed by atoms with Crippen LogP contribution >= 0.6 is 20.8 Å². The minimum Gasteiger partial charge on any atom is -0.430 e. The summed E-state index contributed by atoms with van der Waals surface area (Å²) in [6, 6.07) is 8.84. The molecule has 1 atom stereocenters. The van der Waals surface area contributed by atoms with Crippen molar-refractivity contribution in [1.82, 2.24) is 4.98 Å². The molecule has 1 aromatic heterocycles. The van der Waals surface area contributed by atoms with Gasteiger partial charge in [0.15, 0.2) is 0 Å². The Morgan fingerprint density at radius 2 is 2.00 bits per heavy atom. The molecule has 0 aliphatic rings. The van der Waals surface area contributed by atoms with Gasteiger partial charge in [-0.2, -0.15) is 14.0 Å². The summed E-state index contributed by atoms with van der Waals surface area (Å²) in [5.74, 6) is -3.15. The number of hydrogen-bond acceptors (Lipinski definition) is 5. The average molecular weight is 355 g/mol. The summed E-state index contributed by atoms with van der Waals surface area (Å²) in [6.07, 6.45) is 1.42. The van der Waals surface area contributed by atoms with E-state index < -0.39 is 5.85 Å². The predicted molar refractivity (Wildman–Crippen MR) is 86.7 cm³/mol. The molecule has 0 amide bonds. The summed E-state index contributed by atoms with van der Waals surface area (Å²) in [7, 11) is 1.28. The van der Waals surface area contributed by atoms with Crippen LogP contribution in [0.3, 0.4) is 0 Å². The molecule has 23 heavy (non-hydrogen) atoms. The van der Waals surface area contributed by atoms with E-state index in [1.807, 2.05) is 0 Å². The van der Waals surface area contributed by atoms with E-state index in [1.54, 1.807) is 6.07 Å². The number of pyridine rings is 1. The number of aromatic nitrogens is 1. The lowest BCUT2D eigenvalue weighted by atomic mass is 10.1. The first-order valence-electron chi connectivity index (χ1n) is 6.16. The van der Waals surface area contributed by atoms with Gasteiger partial charge in [-0.15, -0.1) is 0 Å². The number of alkyl halides is 2. The van der Waals surface area contributed by atoms with E-state index in [9.17, 15) is 8.78 Å². The van der Waals surface area contributed by atoms with Crippen molar-refractivity contribution in [3.05, 3.63) is 47.1 Å². The molecule has 5 nitrogen and oxygen atoms in total. The van der Waals surface area contributed by atoms with Gasteiger partial charge in [0.25, 0.3) is 0 Å². The number of nitriles is 1. The highest BCUT2D eigenvalue weighted by Crippen LogP contribution is 2.29. The van der Waals surface area contributed by atoms with Crippen molar-refractivity contribution in [1.29, 1.82) is 10.7 Å². The molecule has 1 heterocycles. The third-order valence-electron chi connectivity index (χ3n) is 2.63. The molecule has 0 aliphatic heterocycles. The first-order chi connectivity index (χ1) is 10.8. The third kappa shape index (κ3) is 4.59. The van der Waals surface area contributed by atoms with Crippen molar-refractivity contribution < 1.29 is 13.5 Å². The second kappa shape index (κ2) is 6.86. The molecule has 1 unspecified atom stereocenters. The number of ether oxygens (including phenoxy) is 1. The van der Waals surface area contributed by atoms with E-state index >= 15 is 0 Å². The molecule has 0 spiro atoms. The van der Waals surface area contributed by atoms with Gasteiger partial charge in [-0.05, 0) is 39.6 Å². The van der Waals surface area contributed by atoms with Gasteiger partial charge in [0, 0.05) is 11.9 Å². The molecule has 0 bridgehead atoms. The maximum Gasteiger partial charge on any atom is 0.408 e. The molecule has 118 valence electrons. The molecule has 2 rings (SSSR count). The lowest BCUT2D eigenvalue weighted by Crippen LogP contribution is -2.14. The SMILES string of the molecule is N#CC(=N)c1c(Cl)ccnc1Nc1ccc(OC(F)(F)P)cc1. The highest BCUT2D eigenvalue weighted by atomic mass is 35.5. The monoisotopic (exact) mass is 354 g/mol. The van der Waals surface area contributed by atoms with E-state index in [0.717, 1.165) is 0 Å². The number of halogens is 3. The summed E-state index contributed by atoms with van der Waals surface area (Å²) < 4.78 is 29.8. The fraction of sp³-hybridized carbons (Fsp3) is 0.0714. The van der Waals surface area contributed by atoms with Crippen LogP contribution in [0.15, 0.2) is 36.5 Å². The Labute approximate surface area is 138 Å². The van der Waals surface area contributed by atoms with Crippen LogP contribution in [0.4, 0.5) is 20.3 Å². The molecule has 9 heteroatoms. The fourth-order valence-corrected chi connectivity index (χ4v) is 2.10. The van der Waals surface area contributed by atoms with Gasteiger partial charge in [0.05, 0.1) is 10.6 Å². The van der Waals surface area contributed by atoms with Gasteiger partial charge in [-0.1, -0.05) is 11.6 Å². The largest absolute Gasteiger partial charge is 0.430 e. The predicted octanol–water partition coefficient (Wildman–Crippen LogP) is 4.17. The van der Waals surface area contributed by atoms with Crippen molar-refractivity contribution in [2.24, 2.45) is 0 Å². The van der Waals surface area contributed by atoms with Crippen LogP contribution in [0.2, 0.25) is 5.02 Å². The van der Waals surface area contributed by atoms with Crippen LogP contribution in [-0.4, -0.2) is 16.5 Å². The fourth-order valence-electron chi connectivity index (χ4n) is 1.73. The maximum atomic E-state index is 12.7. The zero-order valence-corrected chi connectivity index (χ0v) is 13.4. The smallest absolute Gasteiger partial charge is 0.408 e. The van der Waals surface area contributed by atoms with Gasteiger partial charge in [0.1, 0.15) is 23.3 Å². The molecule has 2 aromatic rings. The normalized spacial score (nSPS) is 10.7. The number of anilines is 2. The Bertz CT molecular complexity index is 772. The van der Waals surface area contributed by atoms with Gasteiger partial charge >= 0.3 is 5.85 Å². The quantitative estimate of drug-likeness (QED) is 0.623. The minimum atomic E-state index is -3.35. The third-order valence-corrected chi connectivity index (χ3v) is 3.07. The molecule has 1 aromatic carbocycles. The summed E-state index contributed by atoms with van der Waals surface area (Å²) in [5, 5.41) is 19.6. The van der Waals surface area contributed by atoms with Crippen molar-refractivity contribution in [3.8, 4) is 11.8 Å². The van der Waals surface area contributed by atoms with Crippen LogP contribution in [0.1, 0.15) is 5.56 Å². The van der Waals surface area contributed by atoms with Crippen molar-refractivity contribution >= 4 is 38.1 Å². The Hall–Kier alpha value is -2.29. The van der Waals surface area contributed by atoms with E-state index in [1.165, 1.54) is 45.8 Å². The van der Waals surface area contributed by atoms with Crippen LogP contribution < -0.4 is 10.1 Å². The van der Waals surface area contributed by atoms with Crippen molar-refractivity contribution in [3.63, 3.8) is 0 Å². The Kier molecular flexibility index (Phi) is 5.09. The molecular weight excluding hydrogens is 345 g/mol. The summed E-state index contributed by atoms with van der Waals surface area (Å²) in [5.41, 5.74) is 0.327. The molecule has 2 N–H and O–H groups in total. The topological polar surface area (TPSA) is 81.8 Å². The molecule has 0 fully saturated rings. The van der Waals surface area contributed by atoms with E-state index in [2.05, 4.69) is 15.0 Å². The van der Waals surface area contributed by atoms with Crippen molar-refractivity contribution in [2.45, 2.75) is 5.85 Å². The highest BCUT2D eigenvalue weighted by Gasteiger charge is 2.23. The van der Waals surface area contributed by atoms with Crippen LogP contribution in [0, 0.1) is 16.7 Å². The van der Waals surface area contributed by atoms with Crippen molar-refractivity contribution in [2.75, 3.05) is 5.32 Å². The molecule has 0 radical (unpaired) electrons. The number of rotatable bonds is 5. The molecule has 0 saturated heterocycles. The van der Waals surface area contributed by atoms with E-state index in [-0.39, 0.29) is 27.9 Å². The number of nitrogens with one attached hydrogen (secondary N) is 2. The van der Waals surface area contributed by atoms with Gasteiger partial charge in [-0.25, -0.2) is 4.98 Å². The Balaban J connectivity index is 2.25. The second-order valence-corrected chi connectivity index (χ2v) is 5.40. The standard InChI is InChI=1S/C14H10ClF2N4OP/c15-10-5-6-20-13(12(10)11(19)7-18)21-8-1-3-9(4-2-8)22-14(16,17)23/h1-6,19H,23H2,(H,20,21). The van der Waals surface area contributed by atoms with Crippen LogP contribution in [-0.2, 0) is 0 Å². The molecule has 0 aliphatic carbocycles. The number of hydrogen-bond donors (Lipinski definition) is 2. The summed E-state index contributed by atoms with van der Waals surface area (Å²) in [6.45, 7) is 0. The summed E-state index contributed by atoms with van der Waals surface area (Å²) in [4.78, 5) is 4.04. The van der Waals surface area contributed by atoms with Gasteiger partial charge in [0.2, 0.25) is 0 Å². The zero-order chi connectivity index (χ0) is 17.0. The molecule has 0 saturated carbocycles. The Morgan fingerprint density at radius 3 is 2.57 bits per heavy atom. The number of benzene rings is 1. The average Bonchev–Trinajstić information content (AvgIpc) is 2.47. The molecular formula is C14H10ClF2N4OP. The van der Waals surface area contributed by atoms with Crippen LogP contribution in [0.25, 0.3) is 0 Å².